The zero-order valence-corrected chi connectivity index (χ0v) is 28.1. The van der Waals surface area contributed by atoms with Crippen molar-refractivity contribution >= 4 is 21.6 Å². The Bertz CT molecular complexity index is 1750. The average molecular weight is 670 g/mol. The van der Waals surface area contributed by atoms with E-state index in [4.69, 9.17) is 9.47 Å². The summed E-state index contributed by atoms with van der Waals surface area (Å²) in [7, 11) is -1.95. The van der Waals surface area contributed by atoms with Crippen molar-refractivity contribution in [2.75, 3.05) is 25.5 Å². The van der Waals surface area contributed by atoms with Gasteiger partial charge >= 0.3 is 0 Å². The van der Waals surface area contributed by atoms with Gasteiger partial charge in [-0.1, -0.05) is 90.5 Å². The lowest BCUT2D eigenvalue weighted by atomic mass is 9.99. The van der Waals surface area contributed by atoms with Gasteiger partial charge in [0, 0.05) is 30.8 Å². The lowest BCUT2D eigenvalue weighted by Gasteiger charge is -2.37. The molecule has 0 unspecified atom stereocenters. The topological polar surface area (TPSA) is 117 Å². The maximum atomic E-state index is 13.6. The molecule has 1 heterocycles. The van der Waals surface area contributed by atoms with Crippen LogP contribution in [0, 0.1) is 6.92 Å². The second-order valence-corrected chi connectivity index (χ2v) is 13.9. The van der Waals surface area contributed by atoms with Gasteiger partial charge in [0.15, 0.2) is 6.29 Å². The van der Waals surface area contributed by atoms with Gasteiger partial charge in [0.1, 0.15) is 6.04 Å². The first-order chi connectivity index (χ1) is 23.1. The number of hydrogen-bond donors (Lipinski definition) is 3. The van der Waals surface area contributed by atoms with E-state index >= 15 is 0 Å². The molecule has 4 aromatic rings. The predicted octanol–water partition coefficient (Wildman–Crippen LogP) is 5.68. The number of likely N-dealkylation sites (N-methyl/N-ethyl adjacent to an activating group) is 1. The van der Waals surface area contributed by atoms with Crippen molar-refractivity contribution in [1.29, 1.82) is 0 Å². The number of aliphatic hydroxyl groups is 1. The first-order valence-corrected chi connectivity index (χ1v) is 17.5. The molecule has 3 N–H and O–H groups in total. The van der Waals surface area contributed by atoms with E-state index in [-0.39, 0.29) is 30.1 Å². The van der Waals surface area contributed by atoms with Crippen molar-refractivity contribution < 1.29 is 27.8 Å². The molecule has 0 saturated carbocycles. The molecule has 0 spiro atoms. The summed E-state index contributed by atoms with van der Waals surface area (Å²) in [6.45, 7) is 7.10. The molecular weight excluding hydrogens is 627 g/mol. The molecule has 0 aliphatic carbocycles. The number of aryl methyl sites for hydroxylation is 1. The molecule has 252 valence electrons. The fourth-order valence-corrected chi connectivity index (χ4v) is 6.83. The number of anilines is 1. The molecule has 0 aromatic heterocycles. The molecule has 1 amide bonds. The number of nitrogens with zero attached hydrogens (tertiary/aromatic N) is 1. The summed E-state index contributed by atoms with van der Waals surface area (Å²) in [4.78, 5) is 15.8. The van der Waals surface area contributed by atoms with Crippen LogP contribution >= 0.6 is 0 Å². The number of amides is 1. The Morgan fingerprint density at radius 1 is 0.938 bits per heavy atom. The van der Waals surface area contributed by atoms with Crippen LogP contribution in [0.2, 0.25) is 0 Å². The van der Waals surface area contributed by atoms with Gasteiger partial charge in [-0.15, -0.1) is 6.58 Å². The highest BCUT2D eigenvalue weighted by molar-refractivity contribution is 7.89. The van der Waals surface area contributed by atoms with Crippen molar-refractivity contribution in [1.82, 2.24) is 9.62 Å². The number of sulfonamides is 1. The third-order valence-electron chi connectivity index (χ3n) is 8.25. The second kappa shape index (κ2) is 16.3. The van der Waals surface area contributed by atoms with Crippen LogP contribution in [0.25, 0.3) is 0 Å². The molecule has 1 saturated heterocycles. The van der Waals surface area contributed by atoms with Crippen molar-refractivity contribution in [2.24, 2.45) is 0 Å². The smallest absolute Gasteiger partial charge is 0.242 e. The van der Waals surface area contributed by atoms with E-state index in [1.165, 1.54) is 12.1 Å². The molecule has 10 heteroatoms. The Morgan fingerprint density at radius 3 is 2.25 bits per heavy atom. The Labute approximate surface area is 283 Å². The minimum Gasteiger partial charge on any atom is -0.392 e. The standard InChI is InChI=1S/C38H43N3O6S/c1-4-22-41(3)25-33-24-36(30-14-12-29(26-42)13-15-30)47-38(46-33)31-16-18-32(19-17-31)39-37(43)35(23-28-8-6-5-7-9-28)40-48(44,45)34-20-10-27(2)11-21-34/h4-21,33,35-36,38,40,42H,1,22-26H2,2-3H3,(H,39,43)/t33-,35-,36+,38+/m1/s1. The SMILES string of the molecule is C=CCN(C)C[C@H]1C[C@@H](c2ccc(CO)cc2)O[C@@H](c2ccc(NC(=O)[C@@H](Cc3ccccc3)NS(=O)(=O)c3ccc(C)cc3)cc2)O1. The summed E-state index contributed by atoms with van der Waals surface area (Å²) in [6.07, 6.45) is 1.69. The molecule has 1 fully saturated rings. The van der Waals surface area contributed by atoms with E-state index < -0.39 is 28.3 Å². The summed E-state index contributed by atoms with van der Waals surface area (Å²) >= 11 is 0. The van der Waals surface area contributed by atoms with Crippen LogP contribution in [-0.4, -0.2) is 56.6 Å². The van der Waals surface area contributed by atoms with Crippen LogP contribution in [0.4, 0.5) is 5.69 Å². The normalized spacial score (nSPS) is 18.7. The number of benzene rings is 4. The van der Waals surface area contributed by atoms with Gasteiger partial charge in [-0.25, -0.2) is 8.42 Å². The van der Waals surface area contributed by atoms with Gasteiger partial charge in [-0.3, -0.25) is 4.79 Å². The fourth-order valence-electron chi connectivity index (χ4n) is 5.64. The molecule has 5 rings (SSSR count). The lowest BCUT2D eigenvalue weighted by Crippen LogP contribution is -2.45. The summed E-state index contributed by atoms with van der Waals surface area (Å²) in [5.74, 6) is -0.482. The summed E-state index contributed by atoms with van der Waals surface area (Å²) in [5, 5.41) is 12.4. The predicted molar refractivity (Wildman–Crippen MR) is 187 cm³/mol. The van der Waals surface area contributed by atoms with Crippen LogP contribution in [0.1, 0.15) is 46.6 Å². The van der Waals surface area contributed by atoms with Gasteiger partial charge < -0.3 is 24.8 Å². The summed E-state index contributed by atoms with van der Waals surface area (Å²) in [6, 6.07) is 29.6. The van der Waals surface area contributed by atoms with E-state index in [1.807, 2.05) is 86.8 Å². The molecule has 4 atom stereocenters. The highest BCUT2D eigenvalue weighted by Gasteiger charge is 2.33. The number of rotatable bonds is 14. The van der Waals surface area contributed by atoms with E-state index in [2.05, 4.69) is 21.5 Å². The summed E-state index contributed by atoms with van der Waals surface area (Å²) < 4.78 is 42.0. The minimum absolute atomic E-state index is 0.0268. The molecule has 48 heavy (non-hydrogen) atoms. The van der Waals surface area contributed by atoms with Crippen LogP contribution in [0.5, 0.6) is 0 Å². The molecule has 4 aromatic carbocycles. The van der Waals surface area contributed by atoms with Gasteiger partial charge in [-0.2, -0.15) is 4.72 Å². The number of aliphatic hydroxyl groups excluding tert-OH is 1. The minimum atomic E-state index is -3.97. The molecule has 0 radical (unpaired) electrons. The van der Waals surface area contributed by atoms with Crippen LogP contribution in [0.3, 0.4) is 0 Å². The highest BCUT2D eigenvalue weighted by Crippen LogP contribution is 2.38. The molecule has 0 bridgehead atoms. The molecular formula is C38H43N3O6S. The van der Waals surface area contributed by atoms with Gasteiger partial charge in [0.2, 0.25) is 15.9 Å². The summed E-state index contributed by atoms with van der Waals surface area (Å²) in [5.41, 5.74) is 4.87. The van der Waals surface area contributed by atoms with Crippen molar-refractivity contribution in [3.05, 3.63) is 144 Å². The maximum Gasteiger partial charge on any atom is 0.242 e. The zero-order valence-electron chi connectivity index (χ0n) is 27.3. The Morgan fingerprint density at radius 2 is 1.60 bits per heavy atom. The van der Waals surface area contributed by atoms with E-state index in [0.29, 0.717) is 18.7 Å². The van der Waals surface area contributed by atoms with Crippen LogP contribution < -0.4 is 10.0 Å². The van der Waals surface area contributed by atoms with Gasteiger partial charge in [-0.05, 0) is 61.3 Å². The zero-order chi connectivity index (χ0) is 34.1. The largest absolute Gasteiger partial charge is 0.392 e. The quantitative estimate of drug-likeness (QED) is 0.148. The molecule has 1 aliphatic heterocycles. The van der Waals surface area contributed by atoms with Crippen LogP contribution in [0.15, 0.2) is 121 Å². The van der Waals surface area contributed by atoms with E-state index in [1.54, 1.807) is 24.3 Å². The Kier molecular flexibility index (Phi) is 11.9. The monoisotopic (exact) mass is 669 g/mol. The third-order valence-corrected chi connectivity index (χ3v) is 9.74. The van der Waals surface area contributed by atoms with E-state index in [0.717, 1.165) is 34.4 Å². The number of carbonyl (C=O) groups excluding carboxylic acids is 1. The van der Waals surface area contributed by atoms with Gasteiger partial charge in [0.05, 0.1) is 23.7 Å². The van der Waals surface area contributed by atoms with Crippen molar-refractivity contribution in [2.45, 2.75) is 55.8 Å². The Balaban J connectivity index is 1.32. The van der Waals surface area contributed by atoms with Crippen molar-refractivity contribution in [3.8, 4) is 0 Å². The maximum absolute atomic E-state index is 13.6. The average Bonchev–Trinajstić information content (AvgIpc) is 3.09. The second-order valence-electron chi connectivity index (χ2n) is 12.1. The molecule has 9 nitrogen and oxygen atoms in total. The number of carbonyl (C=O) groups is 1. The molecule has 1 aliphatic rings. The number of nitrogens with one attached hydrogen (secondary N) is 2. The Hall–Kier alpha value is -4.16. The first-order valence-electron chi connectivity index (χ1n) is 16.0. The highest BCUT2D eigenvalue weighted by atomic mass is 32.2. The fraction of sp³-hybridized carbons (Fsp3) is 0.289. The number of ether oxygens (including phenoxy) is 2. The third kappa shape index (κ3) is 9.47. The van der Waals surface area contributed by atoms with Crippen LogP contribution in [-0.2, 0) is 37.3 Å². The first kappa shape index (κ1) is 35.2. The lowest BCUT2D eigenvalue weighted by molar-refractivity contribution is -0.252. The van der Waals surface area contributed by atoms with Gasteiger partial charge in [0.25, 0.3) is 0 Å². The van der Waals surface area contributed by atoms with E-state index in [9.17, 15) is 18.3 Å². The number of hydrogen-bond acceptors (Lipinski definition) is 7. The van der Waals surface area contributed by atoms with Crippen molar-refractivity contribution in [3.63, 3.8) is 0 Å².